The van der Waals surface area contributed by atoms with Crippen LogP contribution in [0.2, 0.25) is 0 Å². The van der Waals surface area contributed by atoms with E-state index in [2.05, 4.69) is 30.6 Å². The molecular weight excluding hydrogens is 652 g/mol. The standard InChI is InChI=1S/C23H30N12O9S2/c1-23(2,20(40)41)44-30-11(15-29-21(26)46-32-15)16(36)28-12-17(37)35-13(19(38)39)9(8-45-18(12)35)6-34-7-10(14(25)33(34)3)27-22(42)31-43-5-4-24/h7,12,18,25H,4-6,8,24H2,1-3H3,(H7,26,27,28,29,31,32,36,38,39,40,41,42)/p+1/b30-11-/t12-,18-/m1/s1. The number of carbonyl (C=O) groups is 5. The number of carboxylic acids is 2. The largest absolute Gasteiger partial charge is 0.478 e. The quantitative estimate of drug-likeness (QED) is 0.0352. The second-order valence-electron chi connectivity index (χ2n) is 10.2. The summed E-state index contributed by atoms with van der Waals surface area (Å²) in [6.45, 7) is 2.68. The molecule has 2 aliphatic rings. The number of aromatic nitrogens is 4. The number of amides is 4. The topological polar surface area (TPSA) is 309 Å². The summed E-state index contributed by atoms with van der Waals surface area (Å²) < 4.78 is 6.94. The predicted molar refractivity (Wildman–Crippen MR) is 161 cm³/mol. The van der Waals surface area contributed by atoms with Crippen molar-refractivity contribution in [2.45, 2.75) is 37.4 Å². The minimum Gasteiger partial charge on any atom is -0.478 e. The van der Waals surface area contributed by atoms with Gasteiger partial charge in [-0.05, 0) is 13.8 Å². The molecule has 21 nitrogen and oxygen atoms in total. The average molecular weight is 684 g/mol. The Morgan fingerprint density at radius 2 is 1.98 bits per heavy atom. The van der Waals surface area contributed by atoms with Gasteiger partial charge in [-0.25, -0.2) is 19.9 Å². The number of nitrogens with two attached hydrogens (primary N) is 3. The van der Waals surface area contributed by atoms with Crippen LogP contribution in [0.5, 0.6) is 0 Å². The number of hydrogen-bond donors (Lipinski definition) is 8. The minimum absolute atomic E-state index is 0.00830. The Hall–Kier alpha value is -5.00. The molecule has 0 aliphatic carbocycles. The molecule has 0 radical (unpaired) electrons. The van der Waals surface area contributed by atoms with Crippen LogP contribution in [0, 0.1) is 0 Å². The van der Waals surface area contributed by atoms with Crippen LogP contribution in [0.15, 0.2) is 22.6 Å². The van der Waals surface area contributed by atoms with E-state index in [1.807, 2.05) is 0 Å². The number of hydrogen-bond acceptors (Lipinski definition) is 15. The van der Waals surface area contributed by atoms with Crippen molar-refractivity contribution in [1.82, 2.24) is 29.7 Å². The van der Waals surface area contributed by atoms with Crippen LogP contribution in [-0.4, -0.2) is 101 Å². The van der Waals surface area contributed by atoms with Crippen molar-refractivity contribution >= 4 is 75.4 Å². The van der Waals surface area contributed by atoms with Gasteiger partial charge in [-0.2, -0.15) is 9.36 Å². The van der Waals surface area contributed by atoms with Gasteiger partial charge in [-0.1, -0.05) is 5.16 Å². The Morgan fingerprint density at radius 1 is 1.26 bits per heavy atom. The molecule has 4 amide bonds. The van der Waals surface area contributed by atoms with Gasteiger partial charge in [0.1, 0.15) is 17.1 Å². The van der Waals surface area contributed by atoms with Crippen molar-refractivity contribution in [2.24, 2.45) is 17.9 Å². The monoisotopic (exact) mass is 683 g/mol. The first-order valence-corrected chi connectivity index (χ1v) is 15.0. The van der Waals surface area contributed by atoms with Crippen LogP contribution >= 0.6 is 23.3 Å². The van der Waals surface area contributed by atoms with Crippen LogP contribution < -0.4 is 38.0 Å². The van der Waals surface area contributed by atoms with E-state index in [4.69, 9.17) is 26.9 Å². The summed E-state index contributed by atoms with van der Waals surface area (Å²) >= 11 is 1.95. The fourth-order valence-corrected chi connectivity index (χ4v) is 5.88. The van der Waals surface area contributed by atoms with E-state index >= 15 is 0 Å². The number of carboxylic acid groups (broad SMARTS) is 2. The smallest absolute Gasteiger partial charge is 0.352 e. The Kier molecular flexibility index (Phi) is 9.98. The van der Waals surface area contributed by atoms with E-state index in [0.717, 1.165) is 16.4 Å². The SMILES string of the molecule is Cn1c(N)c(NC(=O)NOCCN)c[n+]1CC1=C(C(=O)O)N2C(=O)[C@@H](NC(=O)/C(=N\OC(C)(C)C(=O)O)c3nsc(N)n3)[C@H]2SC1. The van der Waals surface area contributed by atoms with Gasteiger partial charge in [0.05, 0.1) is 13.7 Å². The fourth-order valence-electron chi connectivity index (χ4n) is 4.11. The average Bonchev–Trinajstić information content (AvgIpc) is 3.53. The summed E-state index contributed by atoms with van der Waals surface area (Å²) in [7, 11) is 1.59. The molecule has 23 heteroatoms. The number of rotatable bonds is 13. The second-order valence-corrected chi connectivity index (χ2v) is 12.1. The third-order valence-electron chi connectivity index (χ3n) is 6.56. The molecule has 248 valence electrons. The summed E-state index contributed by atoms with van der Waals surface area (Å²) in [5.74, 6) is -4.39. The van der Waals surface area contributed by atoms with Crippen LogP contribution in [-0.2, 0) is 42.4 Å². The Morgan fingerprint density at radius 3 is 2.59 bits per heavy atom. The minimum atomic E-state index is -1.82. The van der Waals surface area contributed by atoms with E-state index in [-0.39, 0.29) is 53.6 Å². The van der Waals surface area contributed by atoms with Crippen molar-refractivity contribution in [3.63, 3.8) is 0 Å². The van der Waals surface area contributed by atoms with Gasteiger partial charge in [0, 0.05) is 29.4 Å². The van der Waals surface area contributed by atoms with Gasteiger partial charge in [0.25, 0.3) is 11.8 Å². The van der Waals surface area contributed by atoms with Gasteiger partial charge >= 0.3 is 18.0 Å². The van der Waals surface area contributed by atoms with Gasteiger partial charge in [-0.15, -0.1) is 21.1 Å². The molecular formula is C23H31N12O9S2+. The summed E-state index contributed by atoms with van der Waals surface area (Å²) in [6, 6.07) is -1.88. The van der Waals surface area contributed by atoms with Crippen LogP contribution in [0.4, 0.5) is 21.4 Å². The molecule has 46 heavy (non-hydrogen) atoms. The summed E-state index contributed by atoms with van der Waals surface area (Å²) in [6.07, 6.45) is 1.48. The highest BCUT2D eigenvalue weighted by molar-refractivity contribution is 8.00. The zero-order valence-corrected chi connectivity index (χ0v) is 26.2. The molecule has 0 spiro atoms. The molecule has 0 saturated carbocycles. The number of β-lactam (4-membered cyclic amide) rings is 1. The van der Waals surface area contributed by atoms with E-state index in [1.54, 1.807) is 11.7 Å². The summed E-state index contributed by atoms with van der Waals surface area (Å²) in [4.78, 5) is 77.3. The van der Waals surface area contributed by atoms with Gasteiger partial charge in [-0.3, -0.25) is 24.6 Å². The number of nitrogens with one attached hydrogen (secondary N) is 3. The number of aliphatic carboxylic acids is 2. The molecule has 0 aromatic carbocycles. The molecule has 1 saturated heterocycles. The number of carbonyl (C=O) groups excluding carboxylic acids is 3. The molecule has 2 aliphatic heterocycles. The number of nitrogens with zero attached hydrogens (tertiary/aromatic N) is 6. The van der Waals surface area contributed by atoms with E-state index < -0.39 is 52.5 Å². The molecule has 0 unspecified atom stereocenters. The molecule has 2 aromatic heterocycles. The first kappa shape index (κ1) is 33.9. The van der Waals surface area contributed by atoms with Crippen molar-refractivity contribution in [1.29, 1.82) is 0 Å². The third kappa shape index (κ3) is 6.95. The number of thioether (sulfide) groups is 1. The second kappa shape index (κ2) is 13.6. The number of urea groups is 1. The lowest BCUT2D eigenvalue weighted by Gasteiger charge is -2.49. The number of anilines is 3. The fraction of sp³-hybridized carbons (Fsp3) is 0.435. The first-order valence-electron chi connectivity index (χ1n) is 13.2. The van der Waals surface area contributed by atoms with Crippen molar-refractivity contribution < 1.29 is 48.5 Å². The van der Waals surface area contributed by atoms with Gasteiger partial charge in [0.15, 0.2) is 23.2 Å². The number of fused-ring (bicyclic) bond motifs is 1. The normalized spacial score (nSPS) is 18.0. The lowest BCUT2D eigenvalue weighted by molar-refractivity contribution is -0.765. The lowest BCUT2D eigenvalue weighted by Crippen LogP contribution is -2.71. The summed E-state index contributed by atoms with van der Waals surface area (Å²) in [5.41, 5.74) is 17.1. The number of oxime groups is 1. The zero-order valence-electron chi connectivity index (χ0n) is 24.5. The number of hydroxylamine groups is 1. The highest BCUT2D eigenvalue weighted by atomic mass is 32.2. The van der Waals surface area contributed by atoms with Crippen LogP contribution in [0.1, 0.15) is 19.7 Å². The molecule has 11 N–H and O–H groups in total. The van der Waals surface area contributed by atoms with Gasteiger partial charge < -0.3 is 37.6 Å². The molecule has 2 atom stereocenters. The van der Waals surface area contributed by atoms with E-state index in [0.29, 0.717) is 5.57 Å². The molecule has 4 heterocycles. The molecule has 2 aromatic rings. The lowest BCUT2D eigenvalue weighted by atomic mass is 10.0. The molecule has 1 fully saturated rings. The predicted octanol–water partition coefficient (Wildman–Crippen LogP) is -2.64. The Balaban J connectivity index is 1.52. The maximum Gasteiger partial charge on any atom is 0.352 e. The highest BCUT2D eigenvalue weighted by Crippen LogP contribution is 2.40. The van der Waals surface area contributed by atoms with E-state index in [9.17, 15) is 34.2 Å². The first-order chi connectivity index (χ1) is 21.7. The highest BCUT2D eigenvalue weighted by Gasteiger charge is 2.55. The molecule has 4 rings (SSSR count). The maximum absolute atomic E-state index is 13.3. The van der Waals surface area contributed by atoms with E-state index in [1.165, 1.54) is 36.5 Å². The van der Waals surface area contributed by atoms with Crippen molar-refractivity contribution in [2.75, 3.05) is 35.7 Å². The summed E-state index contributed by atoms with van der Waals surface area (Å²) in [5, 5.41) is 27.3. The zero-order chi connectivity index (χ0) is 33.9. The van der Waals surface area contributed by atoms with Crippen LogP contribution in [0.25, 0.3) is 0 Å². The van der Waals surface area contributed by atoms with Gasteiger partial charge in [0.2, 0.25) is 23.3 Å². The van der Waals surface area contributed by atoms with Crippen molar-refractivity contribution in [3.8, 4) is 0 Å². The van der Waals surface area contributed by atoms with Crippen LogP contribution in [0.3, 0.4) is 0 Å². The van der Waals surface area contributed by atoms with Crippen molar-refractivity contribution in [3.05, 3.63) is 23.3 Å². The maximum atomic E-state index is 13.3. The Labute approximate surface area is 267 Å². The molecule has 0 bridgehead atoms. The third-order valence-corrected chi connectivity index (χ3v) is 8.44. The number of nitrogen functional groups attached to an aromatic ring is 2. The Bertz CT molecular complexity index is 1640.